The third kappa shape index (κ3) is 3.17. The quantitative estimate of drug-likeness (QED) is 0.764. The molecule has 0 aliphatic rings. The van der Waals surface area contributed by atoms with E-state index < -0.39 is 0 Å². The van der Waals surface area contributed by atoms with Crippen molar-refractivity contribution in [1.29, 1.82) is 0 Å². The van der Waals surface area contributed by atoms with Gasteiger partial charge in [-0.1, -0.05) is 10.6 Å². The first-order valence-corrected chi connectivity index (χ1v) is 8.28. The Morgan fingerprint density at radius 3 is 2.78 bits per heavy atom. The summed E-state index contributed by atoms with van der Waals surface area (Å²) in [6.45, 7) is 0. The first kappa shape index (κ1) is 15.4. The van der Waals surface area contributed by atoms with Crippen molar-refractivity contribution in [1.82, 2.24) is 9.59 Å². The average molecular weight is 347 g/mol. The zero-order valence-electron chi connectivity index (χ0n) is 12.4. The van der Waals surface area contributed by atoms with E-state index in [-0.39, 0.29) is 5.91 Å². The molecule has 0 aliphatic heterocycles. The van der Waals surface area contributed by atoms with E-state index >= 15 is 0 Å². The number of nitrogens with one attached hydrogen (secondary N) is 1. The van der Waals surface area contributed by atoms with E-state index in [1.54, 1.807) is 32.4 Å². The van der Waals surface area contributed by atoms with Crippen LogP contribution in [0.4, 0.5) is 5.69 Å². The smallest absolute Gasteiger partial charge is 0.269 e. The van der Waals surface area contributed by atoms with Crippen LogP contribution < -0.4 is 14.8 Å². The maximum absolute atomic E-state index is 12.6. The molecule has 0 saturated heterocycles. The summed E-state index contributed by atoms with van der Waals surface area (Å²) in [7, 11) is 3.11. The lowest BCUT2D eigenvalue weighted by Crippen LogP contribution is -2.12. The lowest BCUT2D eigenvalue weighted by atomic mass is 10.2. The van der Waals surface area contributed by atoms with Crippen LogP contribution in [0.2, 0.25) is 0 Å². The van der Waals surface area contributed by atoms with E-state index in [1.807, 2.05) is 17.5 Å². The fourth-order valence-electron chi connectivity index (χ4n) is 2.01. The summed E-state index contributed by atoms with van der Waals surface area (Å²) in [4.78, 5) is 13.9. The highest BCUT2D eigenvalue weighted by Gasteiger charge is 2.20. The number of carbonyl (C=O) groups excluding carboxylic acids is 1. The van der Waals surface area contributed by atoms with Gasteiger partial charge in [-0.15, -0.1) is 16.4 Å². The Kier molecular flexibility index (Phi) is 4.54. The van der Waals surface area contributed by atoms with Gasteiger partial charge < -0.3 is 14.8 Å². The predicted molar refractivity (Wildman–Crippen MR) is 90.7 cm³/mol. The van der Waals surface area contributed by atoms with Crippen molar-refractivity contribution < 1.29 is 14.3 Å². The third-order valence-corrected chi connectivity index (χ3v) is 4.70. The molecule has 0 atom stereocenters. The molecule has 1 N–H and O–H groups in total. The van der Waals surface area contributed by atoms with Gasteiger partial charge in [0.1, 0.15) is 22.1 Å². The Hall–Kier alpha value is -2.45. The van der Waals surface area contributed by atoms with Gasteiger partial charge in [0.25, 0.3) is 5.91 Å². The van der Waals surface area contributed by atoms with Gasteiger partial charge in [-0.3, -0.25) is 4.79 Å². The molecule has 0 bridgehead atoms. The van der Waals surface area contributed by atoms with Crippen LogP contribution in [-0.2, 0) is 0 Å². The lowest BCUT2D eigenvalue weighted by Gasteiger charge is -2.11. The number of carbonyl (C=O) groups is 1. The second-order valence-electron chi connectivity index (χ2n) is 4.45. The monoisotopic (exact) mass is 347 g/mol. The van der Waals surface area contributed by atoms with Crippen LogP contribution in [0.3, 0.4) is 0 Å². The van der Waals surface area contributed by atoms with Crippen molar-refractivity contribution in [2.24, 2.45) is 0 Å². The zero-order chi connectivity index (χ0) is 16.2. The van der Waals surface area contributed by atoms with Crippen molar-refractivity contribution in [3.8, 4) is 22.1 Å². The molecule has 118 valence electrons. The Balaban J connectivity index is 1.90. The first-order chi connectivity index (χ1) is 11.2. The Labute approximate surface area is 140 Å². The zero-order valence-corrected chi connectivity index (χ0v) is 14.0. The number of methoxy groups -OCH3 is 2. The first-order valence-electron chi connectivity index (χ1n) is 6.62. The molecule has 3 aromatic rings. The third-order valence-electron chi connectivity index (χ3n) is 3.10. The van der Waals surface area contributed by atoms with Crippen LogP contribution in [0.1, 0.15) is 9.67 Å². The normalized spacial score (nSPS) is 10.3. The molecule has 8 heteroatoms. The second-order valence-corrected chi connectivity index (χ2v) is 6.15. The highest BCUT2D eigenvalue weighted by Crippen LogP contribution is 2.32. The van der Waals surface area contributed by atoms with Gasteiger partial charge in [-0.05, 0) is 35.1 Å². The minimum atomic E-state index is -0.282. The molecule has 6 nitrogen and oxygen atoms in total. The number of aromatic nitrogens is 2. The summed E-state index contributed by atoms with van der Waals surface area (Å²) in [5.74, 6) is 0.895. The molecule has 0 unspecified atom stereocenters. The van der Waals surface area contributed by atoms with Crippen molar-refractivity contribution >= 4 is 34.5 Å². The minimum Gasteiger partial charge on any atom is -0.497 e. The molecule has 0 aliphatic carbocycles. The van der Waals surface area contributed by atoms with Gasteiger partial charge in [-0.25, -0.2) is 0 Å². The van der Waals surface area contributed by atoms with Gasteiger partial charge >= 0.3 is 0 Å². The fourth-order valence-corrected chi connectivity index (χ4v) is 3.36. The van der Waals surface area contributed by atoms with Crippen molar-refractivity contribution in [2.45, 2.75) is 0 Å². The molecule has 2 heterocycles. The molecule has 0 radical (unpaired) electrons. The van der Waals surface area contributed by atoms with Crippen LogP contribution in [0.25, 0.3) is 10.6 Å². The topological polar surface area (TPSA) is 73.3 Å². The highest BCUT2D eigenvalue weighted by molar-refractivity contribution is 7.14. The summed E-state index contributed by atoms with van der Waals surface area (Å²) in [6.07, 6.45) is 0. The summed E-state index contributed by atoms with van der Waals surface area (Å²) in [5.41, 5.74) is 1.12. The largest absolute Gasteiger partial charge is 0.497 e. The number of hydrogen-bond acceptors (Lipinski definition) is 7. The molecule has 0 spiro atoms. The molecule has 1 amide bonds. The molecule has 2 aromatic heterocycles. The molecular formula is C15H13N3O3S2. The maximum Gasteiger partial charge on any atom is 0.269 e. The van der Waals surface area contributed by atoms with Crippen LogP contribution in [0, 0.1) is 0 Å². The number of benzene rings is 1. The van der Waals surface area contributed by atoms with Crippen LogP contribution >= 0.6 is 22.9 Å². The van der Waals surface area contributed by atoms with Crippen LogP contribution in [-0.4, -0.2) is 29.7 Å². The van der Waals surface area contributed by atoms with Gasteiger partial charge in [0.15, 0.2) is 0 Å². The van der Waals surface area contributed by atoms with E-state index in [0.29, 0.717) is 27.8 Å². The molecule has 0 saturated carbocycles. The van der Waals surface area contributed by atoms with E-state index in [4.69, 9.17) is 9.47 Å². The van der Waals surface area contributed by atoms with Crippen LogP contribution in [0.5, 0.6) is 11.5 Å². The summed E-state index contributed by atoms with van der Waals surface area (Å²) in [6, 6.07) is 9.02. The van der Waals surface area contributed by atoms with E-state index in [9.17, 15) is 4.79 Å². The number of thiophene rings is 1. The van der Waals surface area contributed by atoms with E-state index in [2.05, 4.69) is 14.9 Å². The van der Waals surface area contributed by atoms with E-state index in [0.717, 1.165) is 16.4 Å². The van der Waals surface area contributed by atoms with Crippen molar-refractivity contribution in [2.75, 3.05) is 19.5 Å². The van der Waals surface area contributed by atoms with Crippen molar-refractivity contribution in [3.05, 3.63) is 40.6 Å². The maximum atomic E-state index is 12.6. The van der Waals surface area contributed by atoms with Gasteiger partial charge in [0.05, 0.1) is 24.8 Å². The van der Waals surface area contributed by atoms with E-state index in [1.165, 1.54) is 11.3 Å². The minimum absolute atomic E-state index is 0.282. The number of rotatable bonds is 5. The number of ether oxygens (including phenoxy) is 2. The number of amides is 1. The van der Waals surface area contributed by atoms with Gasteiger partial charge in [0, 0.05) is 6.07 Å². The number of hydrogen-bond donors (Lipinski definition) is 1. The average Bonchev–Trinajstić information content (AvgIpc) is 3.25. The molecule has 23 heavy (non-hydrogen) atoms. The molecule has 0 fully saturated rings. The summed E-state index contributed by atoms with van der Waals surface area (Å²) >= 11 is 2.57. The number of anilines is 1. The Morgan fingerprint density at radius 2 is 2.09 bits per heavy atom. The summed E-state index contributed by atoms with van der Waals surface area (Å²) < 4.78 is 14.4. The Bertz CT molecular complexity index is 815. The number of nitrogens with zero attached hydrogens (tertiary/aromatic N) is 2. The summed E-state index contributed by atoms with van der Waals surface area (Å²) in [5, 5.41) is 8.82. The lowest BCUT2D eigenvalue weighted by molar-refractivity contribution is 0.103. The molecule has 1 aromatic carbocycles. The molecular weight excluding hydrogens is 334 g/mol. The SMILES string of the molecule is COc1ccc(OC)c(NC(=O)c2snnc2-c2cccs2)c1. The fraction of sp³-hybridized carbons (Fsp3) is 0.133. The molecule has 3 rings (SSSR count). The van der Waals surface area contributed by atoms with Gasteiger partial charge in [-0.2, -0.15) is 0 Å². The van der Waals surface area contributed by atoms with Gasteiger partial charge in [0.2, 0.25) is 0 Å². The Morgan fingerprint density at radius 1 is 1.22 bits per heavy atom. The van der Waals surface area contributed by atoms with Crippen molar-refractivity contribution in [3.63, 3.8) is 0 Å². The highest BCUT2D eigenvalue weighted by atomic mass is 32.1. The second kappa shape index (κ2) is 6.76. The predicted octanol–water partition coefficient (Wildman–Crippen LogP) is 3.54. The van der Waals surface area contributed by atoms with Crippen LogP contribution in [0.15, 0.2) is 35.7 Å². The standard InChI is InChI=1S/C15H13N3O3S2/c1-20-9-5-6-11(21-2)10(8-9)16-15(19)14-13(17-18-23-14)12-4-3-7-22-12/h3-8H,1-2H3,(H,16,19).